The Balaban J connectivity index is 1.36. The topological polar surface area (TPSA) is 107 Å². The summed E-state index contributed by atoms with van der Waals surface area (Å²) in [6.45, 7) is 2.51. The third-order valence-corrected chi connectivity index (χ3v) is 7.21. The van der Waals surface area contributed by atoms with Crippen LogP contribution >= 0.6 is 11.6 Å². The number of aromatic nitrogens is 1. The number of halogens is 1. The van der Waals surface area contributed by atoms with Crippen LogP contribution in [0.5, 0.6) is 0 Å². The molecule has 1 aliphatic heterocycles. The third-order valence-electron chi connectivity index (χ3n) is 6.84. The fourth-order valence-electron chi connectivity index (χ4n) is 4.29. The van der Waals surface area contributed by atoms with Gasteiger partial charge in [-0.15, -0.1) is 0 Å². The highest BCUT2D eigenvalue weighted by molar-refractivity contribution is 6.31. The second-order valence-electron chi connectivity index (χ2n) is 9.54. The van der Waals surface area contributed by atoms with E-state index in [1.165, 1.54) is 4.90 Å². The van der Waals surface area contributed by atoms with Crippen LogP contribution in [0.15, 0.2) is 60.8 Å². The molecule has 2 aromatic carbocycles. The molecule has 0 aliphatic carbocycles. The standard InChI is InChI=1S/C28H33ClN6O4/c1-33-13-14-35(18-26(33)36)12-11-23(34(2)27(37)31-17-22-9-5-6-10-24(22)29)19-39-28(38)32-25-15-20-7-3-4-8-21(20)16-30-25/h3-10,15-16,23H,11-14,17-19H2,1-2H3,(H,31,37)(H,30,32,38)/t23-/m0/s1. The van der Waals surface area contributed by atoms with Gasteiger partial charge in [0.1, 0.15) is 12.4 Å². The first-order valence-corrected chi connectivity index (χ1v) is 13.2. The number of pyridine rings is 1. The highest BCUT2D eigenvalue weighted by Crippen LogP contribution is 2.17. The van der Waals surface area contributed by atoms with E-state index in [-0.39, 0.29) is 25.1 Å². The zero-order valence-corrected chi connectivity index (χ0v) is 22.9. The van der Waals surface area contributed by atoms with Gasteiger partial charge in [0.25, 0.3) is 0 Å². The number of nitrogens with zero attached hydrogens (tertiary/aromatic N) is 4. The van der Waals surface area contributed by atoms with E-state index in [1.807, 2.05) is 47.4 Å². The molecule has 2 N–H and O–H groups in total. The summed E-state index contributed by atoms with van der Waals surface area (Å²) in [4.78, 5) is 47.3. The highest BCUT2D eigenvalue weighted by atomic mass is 35.5. The summed E-state index contributed by atoms with van der Waals surface area (Å²) in [7, 11) is 3.45. The number of urea groups is 1. The van der Waals surface area contributed by atoms with Crippen molar-refractivity contribution in [2.75, 3.05) is 52.2 Å². The first-order valence-electron chi connectivity index (χ1n) is 12.8. The van der Waals surface area contributed by atoms with Crippen LogP contribution in [0.1, 0.15) is 12.0 Å². The number of anilines is 1. The fourth-order valence-corrected chi connectivity index (χ4v) is 4.49. The largest absolute Gasteiger partial charge is 0.447 e. The van der Waals surface area contributed by atoms with Gasteiger partial charge in [-0.25, -0.2) is 14.6 Å². The van der Waals surface area contributed by atoms with E-state index in [2.05, 4.69) is 15.6 Å². The number of amides is 4. The summed E-state index contributed by atoms with van der Waals surface area (Å²) in [5.41, 5.74) is 0.798. The average Bonchev–Trinajstić information content (AvgIpc) is 2.94. The van der Waals surface area contributed by atoms with Crippen LogP contribution in [0.2, 0.25) is 5.02 Å². The molecule has 1 aliphatic rings. The normalized spacial score (nSPS) is 14.6. The smallest absolute Gasteiger partial charge is 0.412 e. The maximum Gasteiger partial charge on any atom is 0.412 e. The number of rotatable bonds is 9. The number of nitrogens with one attached hydrogen (secondary N) is 2. The van der Waals surface area contributed by atoms with Gasteiger partial charge in [0, 0.05) is 56.9 Å². The number of benzene rings is 2. The molecule has 1 aromatic heterocycles. The lowest BCUT2D eigenvalue weighted by Gasteiger charge is -2.34. The molecular weight excluding hydrogens is 520 g/mol. The summed E-state index contributed by atoms with van der Waals surface area (Å²) >= 11 is 6.22. The lowest BCUT2D eigenvalue weighted by Crippen LogP contribution is -2.51. The van der Waals surface area contributed by atoms with Crippen molar-refractivity contribution in [1.82, 2.24) is 25.0 Å². The number of hydrogen-bond donors (Lipinski definition) is 2. The third kappa shape index (κ3) is 7.81. The molecule has 0 saturated carbocycles. The van der Waals surface area contributed by atoms with Crippen LogP contribution in [0.4, 0.5) is 15.4 Å². The first-order chi connectivity index (χ1) is 18.8. The van der Waals surface area contributed by atoms with Gasteiger partial charge in [-0.2, -0.15) is 0 Å². The first kappa shape index (κ1) is 28.1. The minimum Gasteiger partial charge on any atom is -0.447 e. The Kier molecular flexibility index (Phi) is 9.56. The van der Waals surface area contributed by atoms with E-state index in [1.54, 1.807) is 37.3 Å². The van der Waals surface area contributed by atoms with Crippen molar-refractivity contribution in [2.24, 2.45) is 0 Å². The Labute approximate surface area is 232 Å². The lowest BCUT2D eigenvalue weighted by molar-refractivity contribution is -0.134. The second-order valence-corrected chi connectivity index (χ2v) is 9.94. The molecule has 3 aromatic rings. The predicted octanol–water partition coefficient (Wildman–Crippen LogP) is 3.81. The minimum absolute atomic E-state index is 0.0306. The molecule has 0 spiro atoms. The molecule has 0 unspecified atom stereocenters. The molecule has 2 heterocycles. The van der Waals surface area contributed by atoms with Gasteiger partial charge in [-0.05, 0) is 29.5 Å². The van der Waals surface area contributed by atoms with Crippen molar-refractivity contribution in [1.29, 1.82) is 0 Å². The number of likely N-dealkylation sites (N-methyl/N-ethyl adjacent to an activating group) is 2. The molecule has 11 heteroatoms. The molecule has 0 radical (unpaired) electrons. The molecule has 1 fully saturated rings. The number of carbonyl (C=O) groups excluding carboxylic acids is 3. The van der Waals surface area contributed by atoms with Gasteiger partial charge in [-0.1, -0.05) is 54.1 Å². The SMILES string of the molecule is CN1CCN(CC[C@@H](COC(=O)Nc2cc3ccccc3cn2)N(C)C(=O)NCc2ccccc2Cl)CC1=O. The highest BCUT2D eigenvalue weighted by Gasteiger charge is 2.26. The van der Waals surface area contributed by atoms with Crippen LogP contribution in [0.25, 0.3) is 10.8 Å². The maximum atomic E-state index is 13.0. The van der Waals surface area contributed by atoms with Crippen molar-refractivity contribution in [2.45, 2.75) is 19.0 Å². The molecule has 1 saturated heterocycles. The zero-order chi connectivity index (χ0) is 27.8. The van der Waals surface area contributed by atoms with Gasteiger partial charge in [0.15, 0.2) is 0 Å². The molecule has 39 heavy (non-hydrogen) atoms. The zero-order valence-electron chi connectivity index (χ0n) is 22.1. The van der Waals surface area contributed by atoms with E-state index in [4.69, 9.17) is 16.3 Å². The van der Waals surface area contributed by atoms with Crippen molar-refractivity contribution in [3.63, 3.8) is 0 Å². The fraction of sp³-hybridized carbons (Fsp3) is 0.357. The Morgan fingerprint density at radius 2 is 1.87 bits per heavy atom. The summed E-state index contributed by atoms with van der Waals surface area (Å²) in [6.07, 6.45) is 1.53. The van der Waals surface area contributed by atoms with Gasteiger partial charge in [-0.3, -0.25) is 15.0 Å². The van der Waals surface area contributed by atoms with E-state index in [9.17, 15) is 14.4 Å². The van der Waals surface area contributed by atoms with E-state index < -0.39 is 12.1 Å². The van der Waals surface area contributed by atoms with Crippen LogP contribution < -0.4 is 10.6 Å². The van der Waals surface area contributed by atoms with Crippen molar-refractivity contribution in [3.8, 4) is 0 Å². The molecule has 206 valence electrons. The summed E-state index contributed by atoms with van der Waals surface area (Å²) in [5.74, 6) is 0.430. The molecule has 10 nitrogen and oxygen atoms in total. The molecule has 1 atom stereocenters. The summed E-state index contributed by atoms with van der Waals surface area (Å²) in [6, 6.07) is 16.0. The van der Waals surface area contributed by atoms with Crippen molar-refractivity contribution in [3.05, 3.63) is 71.4 Å². The molecular formula is C28H33ClN6O4. The van der Waals surface area contributed by atoms with Gasteiger partial charge in [0.05, 0.1) is 12.6 Å². The summed E-state index contributed by atoms with van der Waals surface area (Å²) < 4.78 is 5.52. The number of fused-ring (bicyclic) bond motifs is 1. The minimum atomic E-state index is -0.664. The second kappa shape index (κ2) is 13.3. The Hall–Kier alpha value is -3.89. The predicted molar refractivity (Wildman–Crippen MR) is 151 cm³/mol. The van der Waals surface area contributed by atoms with Crippen LogP contribution in [-0.2, 0) is 16.1 Å². The Morgan fingerprint density at radius 3 is 2.64 bits per heavy atom. The molecule has 0 bridgehead atoms. The number of ether oxygens (including phenoxy) is 1. The van der Waals surface area contributed by atoms with Crippen LogP contribution in [0, 0.1) is 0 Å². The molecule has 4 rings (SSSR count). The van der Waals surface area contributed by atoms with E-state index in [0.29, 0.717) is 36.9 Å². The number of piperazine rings is 1. The maximum absolute atomic E-state index is 13.0. The van der Waals surface area contributed by atoms with Crippen LogP contribution in [-0.4, -0.2) is 90.6 Å². The lowest BCUT2D eigenvalue weighted by atomic mass is 10.1. The van der Waals surface area contributed by atoms with E-state index >= 15 is 0 Å². The molecule has 4 amide bonds. The van der Waals surface area contributed by atoms with Gasteiger partial charge in [0.2, 0.25) is 5.91 Å². The van der Waals surface area contributed by atoms with Crippen molar-refractivity contribution >= 4 is 46.2 Å². The van der Waals surface area contributed by atoms with Gasteiger partial charge < -0.3 is 19.9 Å². The van der Waals surface area contributed by atoms with Crippen LogP contribution in [0.3, 0.4) is 0 Å². The average molecular weight is 553 g/mol. The van der Waals surface area contributed by atoms with Crippen molar-refractivity contribution < 1.29 is 19.1 Å². The Bertz CT molecular complexity index is 1320. The quantitative estimate of drug-likeness (QED) is 0.418. The van der Waals surface area contributed by atoms with E-state index in [0.717, 1.165) is 22.9 Å². The number of hydrogen-bond acceptors (Lipinski definition) is 6. The summed E-state index contributed by atoms with van der Waals surface area (Å²) in [5, 5.41) is 8.01. The van der Waals surface area contributed by atoms with Gasteiger partial charge >= 0.3 is 12.1 Å². The number of carbonyl (C=O) groups is 3. The monoisotopic (exact) mass is 552 g/mol. The Morgan fingerprint density at radius 1 is 1.13 bits per heavy atom.